The Labute approximate surface area is 165 Å². The monoisotopic (exact) mass is 390 g/mol. The lowest BCUT2D eigenvalue weighted by atomic mass is 10.2. The fourth-order valence-electron chi connectivity index (χ4n) is 3.06. The number of fused-ring (bicyclic) bond motifs is 1. The normalized spacial score (nSPS) is 17.4. The van der Waals surface area contributed by atoms with Gasteiger partial charge in [-0.2, -0.15) is 9.61 Å². The molecule has 0 bridgehead atoms. The van der Waals surface area contributed by atoms with Crippen molar-refractivity contribution in [2.24, 2.45) is 5.92 Å². The van der Waals surface area contributed by atoms with Gasteiger partial charge in [-0.1, -0.05) is 0 Å². The van der Waals surface area contributed by atoms with E-state index in [1.165, 1.54) is 12.8 Å². The quantitative estimate of drug-likeness (QED) is 0.374. The SMILES string of the molecule is O=C1NC(=O)/C(=C/c2cnn3c(NCC4CC4)cc(Nc4ccncc4)nc23)N1. The van der Waals surface area contributed by atoms with Crippen LogP contribution in [0.4, 0.5) is 22.1 Å². The molecular formula is C19H18N8O2. The molecular weight excluding hydrogens is 372 g/mol. The lowest BCUT2D eigenvalue weighted by Crippen LogP contribution is -2.22. The molecule has 0 spiro atoms. The summed E-state index contributed by atoms with van der Waals surface area (Å²) in [5.41, 5.74) is 2.19. The van der Waals surface area contributed by atoms with Crippen LogP contribution in [0, 0.1) is 5.92 Å². The number of nitrogens with zero attached hydrogens (tertiary/aromatic N) is 4. The Morgan fingerprint density at radius 3 is 2.76 bits per heavy atom. The first kappa shape index (κ1) is 17.2. The van der Waals surface area contributed by atoms with Gasteiger partial charge in [0.25, 0.3) is 5.91 Å². The molecule has 0 radical (unpaired) electrons. The van der Waals surface area contributed by atoms with Gasteiger partial charge in [-0.05, 0) is 37.0 Å². The highest BCUT2D eigenvalue weighted by Crippen LogP contribution is 2.30. The van der Waals surface area contributed by atoms with Gasteiger partial charge in [-0.3, -0.25) is 15.1 Å². The molecule has 0 unspecified atom stereocenters. The molecule has 1 aliphatic heterocycles. The number of hydrogen-bond donors (Lipinski definition) is 4. The van der Waals surface area contributed by atoms with E-state index in [0.29, 0.717) is 22.9 Å². The van der Waals surface area contributed by atoms with Gasteiger partial charge in [0.1, 0.15) is 17.3 Å². The Bertz CT molecular complexity index is 1130. The van der Waals surface area contributed by atoms with E-state index in [0.717, 1.165) is 18.1 Å². The second-order valence-corrected chi connectivity index (χ2v) is 7.01. The van der Waals surface area contributed by atoms with Crippen LogP contribution in [0.25, 0.3) is 11.7 Å². The smallest absolute Gasteiger partial charge is 0.326 e. The number of carbonyl (C=O) groups is 2. The van der Waals surface area contributed by atoms with E-state index in [1.54, 1.807) is 29.2 Å². The average Bonchev–Trinajstić information content (AvgIpc) is 3.38. The maximum atomic E-state index is 11.9. The molecule has 29 heavy (non-hydrogen) atoms. The molecule has 5 rings (SSSR count). The van der Waals surface area contributed by atoms with Crippen molar-refractivity contribution >= 4 is 41.0 Å². The number of urea groups is 1. The van der Waals surface area contributed by atoms with Crippen LogP contribution in [0.3, 0.4) is 0 Å². The van der Waals surface area contributed by atoms with Gasteiger partial charge in [-0.25, -0.2) is 9.78 Å². The molecule has 0 aromatic carbocycles. The fraction of sp³-hybridized carbons (Fsp3) is 0.211. The largest absolute Gasteiger partial charge is 0.370 e. The van der Waals surface area contributed by atoms with E-state index in [1.807, 2.05) is 18.2 Å². The van der Waals surface area contributed by atoms with Crippen LogP contribution in [0.5, 0.6) is 0 Å². The zero-order chi connectivity index (χ0) is 19.8. The van der Waals surface area contributed by atoms with E-state index < -0.39 is 11.9 Å². The molecule has 4 N–H and O–H groups in total. The summed E-state index contributed by atoms with van der Waals surface area (Å²) >= 11 is 0. The topological polar surface area (TPSA) is 125 Å². The van der Waals surface area contributed by atoms with Crippen LogP contribution in [-0.2, 0) is 4.79 Å². The zero-order valence-corrected chi connectivity index (χ0v) is 15.3. The van der Waals surface area contributed by atoms with Crippen LogP contribution in [0.15, 0.2) is 42.5 Å². The molecule has 2 aliphatic rings. The van der Waals surface area contributed by atoms with Crippen molar-refractivity contribution in [3.05, 3.63) is 48.1 Å². The van der Waals surface area contributed by atoms with Crippen molar-refractivity contribution in [1.29, 1.82) is 0 Å². The van der Waals surface area contributed by atoms with E-state index in [2.05, 4.69) is 36.3 Å². The molecule has 1 aliphatic carbocycles. The van der Waals surface area contributed by atoms with Crippen molar-refractivity contribution in [3.63, 3.8) is 0 Å². The summed E-state index contributed by atoms with van der Waals surface area (Å²) in [6.45, 7) is 0.864. The minimum absolute atomic E-state index is 0.159. The van der Waals surface area contributed by atoms with Crippen LogP contribution in [0.1, 0.15) is 18.4 Å². The Balaban J connectivity index is 1.55. The van der Waals surface area contributed by atoms with E-state index >= 15 is 0 Å². The van der Waals surface area contributed by atoms with Gasteiger partial charge >= 0.3 is 6.03 Å². The van der Waals surface area contributed by atoms with Crippen LogP contribution in [0.2, 0.25) is 0 Å². The summed E-state index contributed by atoms with van der Waals surface area (Å²) in [6.07, 6.45) is 9.04. The summed E-state index contributed by atoms with van der Waals surface area (Å²) in [6, 6.07) is 5.04. The van der Waals surface area contributed by atoms with Crippen LogP contribution in [-0.4, -0.2) is 38.1 Å². The minimum atomic E-state index is -0.544. The molecule has 0 atom stereocenters. The first-order valence-corrected chi connectivity index (χ1v) is 9.29. The predicted octanol–water partition coefficient (Wildman–Crippen LogP) is 1.87. The van der Waals surface area contributed by atoms with Crippen LogP contribution >= 0.6 is 0 Å². The molecule has 2 fully saturated rings. The Morgan fingerprint density at radius 1 is 1.21 bits per heavy atom. The lowest BCUT2D eigenvalue weighted by Gasteiger charge is -2.12. The molecule has 146 valence electrons. The Hall–Kier alpha value is -3.95. The number of amides is 3. The highest BCUT2D eigenvalue weighted by molar-refractivity contribution is 6.14. The molecule has 4 heterocycles. The van der Waals surface area contributed by atoms with Crippen molar-refractivity contribution < 1.29 is 9.59 Å². The number of imide groups is 1. The highest BCUT2D eigenvalue weighted by Gasteiger charge is 2.24. The first-order chi connectivity index (χ1) is 14.2. The zero-order valence-electron chi connectivity index (χ0n) is 15.3. The third kappa shape index (κ3) is 3.59. The number of anilines is 3. The highest BCUT2D eigenvalue weighted by atomic mass is 16.2. The number of hydrogen-bond acceptors (Lipinski definition) is 7. The summed E-state index contributed by atoms with van der Waals surface area (Å²) in [5, 5.41) is 15.8. The standard InChI is InChI=1S/C19H18N8O2/c28-18-14(24-19(29)26-18)7-12-10-22-27-16(21-9-11-1-2-11)8-15(25-17(12)27)23-13-3-5-20-6-4-13/h3-8,10-11,21H,1-2,9H2,(H,20,23,25)(H2,24,26,28,29)/b14-7-. The Kier molecular flexibility index (Phi) is 4.08. The second-order valence-electron chi connectivity index (χ2n) is 7.01. The van der Waals surface area contributed by atoms with Crippen molar-refractivity contribution in [2.45, 2.75) is 12.8 Å². The molecule has 3 aromatic heterocycles. The molecule has 10 nitrogen and oxygen atoms in total. The third-order valence-corrected chi connectivity index (χ3v) is 4.74. The van der Waals surface area contributed by atoms with E-state index in [4.69, 9.17) is 0 Å². The maximum absolute atomic E-state index is 11.9. The van der Waals surface area contributed by atoms with Gasteiger partial charge in [-0.15, -0.1) is 0 Å². The minimum Gasteiger partial charge on any atom is -0.370 e. The van der Waals surface area contributed by atoms with Gasteiger partial charge in [0.2, 0.25) is 0 Å². The fourth-order valence-corrected chi connectivity index (χ4v) is 3.06. The van der Waals surface area contributed by atoms with Crippen molar-refractivity contribution in [2.75, 3.05) is 17.2 Å². The lowest BCUT2D eigenvalue weighted by molar-refractivity contribution is -0.115. The summed E-state index contributed by atoms with van der Waals surface area (Å²) in [5.74, 6) is 1.63. The average molecular weight is 390 g/mol. The second kappa shape index (κ2) is 6.89. The number of nitrogens with one attached hydrogen (secondary N) is 4. The van der Waals surface area contributed by atoms with Gasteiger partial charge in [0.05, 0.1) is 6.20 Å². The summed E-state index contributed by atoms with van der Waals surface area (Å²) in [7, 11) is 0. The van der Waals surface area contributed by atoms with Gasteiger partial charge < -0.3 is 16.0 Å². The van der Waals surface area contributed by atoms with E-state index in [-0.39, 0.29) is 5.70 Å². The third-order valence-electron chi connectivity index (χ3n) is 4.74. The van der Waals surface area contributed by atoms with Gasteiger partial charge in [0.15, 0.2) is 5.65 Å². The molecule has 3 aromatic rings. The van der Waals surface area contributed by atoms with Crippen molar-refractivity contribution in [3.8, 4) is 0 Å². The van der Waals surface area contributed by atoms with Gasteiger partial charge in [0, 0.05) is 36.3 Å². The van der Waals surface area contributed by atoms with E-state index in [9.17, 15) is 9.59 Å². The number of aromatic nitrogens is 4. The molecule has 1 saturated heterocycles. The summed E-state index contributed by atoms with van der Waals surface area (Å²) in [4.78, 5) is 31.9. The first-order valence-electron chi connectivity index (χ1n) is 9.29. The van der Waals surface area contributed by atoms with Crippen LogP contribution < -0.4 is 21.3 Å². The molecule has 10 heteroatoms. The summed E-state index contributed by atoms with van der Waals surface area (Å²) < 4.78 is 1.70. The Morgan fingerprint density at radius 2 is 2.03 bits per heavy atom. The number of carbonyl (C=O) groups excluding carboxylic acids is 2. The predicted molar refractivity (Wildman–Crippen MR) is 106 cm³/mol. The van der Waals surface area contributed by atoms with Crippen molar-refractivity contribution in [1.82, 2.24) is 30.2 Å². The number of rotatable bonds is 6. The number of pyridine rings is 1. The maximum Gasteiger partial charge on any atom is 0.326 e. The molecule has 1 saturated carbocycles. The molecule has 3 amide bonds.